The van der Waals surface area contributed by atoms with Crippen molar-refractivity contribution in [2.24, 2.45) is 4.99 Å². The molecular weight excluding hydrogens is 447 g/mol. The molecule has 0 saturated carbocycles. The Kier molecular flexibility index (Phi) is 9.37. The van der Waals surface area contributed by atoms with E-state index in [1.165, 1.54) is 11.1 Å². The molecule has 2 aromatic rings. The lowest BCUT2D eigenvalue weighted by Gasteiger charge is -2.21. The van der Waals surface area contributed by atoms with Gasteiger partial charge in [0.05, 0.1) is 12.2 Å². The topological polar surface area (TPSA) is 49.8 Å². The van der Waals surface area contributed by atoms with Crippen molar-refractivity contribution in [3.05, 3.63) is 51.5 Å². The third-order valence-electron chi connectivity index (χ3n) is 3.94. The van der Waals surface area contributed by atoms with E-state index in [1.54, 1.807) is 25.5 Å². The van der Waals surface area contributed by atoms with Crippen LogP contribution in [-0.4, -0.2) is 37.0 Å². The number of ether oxygens (including phenoxy) is 1. The van der Waals surface area contributed by atoms with Gasteiger partial charge in [-0.05, 0) is 25.0 Å². The first-order chi connectivity index (χ1) is 11.5. The number of methoxy groups -OCH3 is 1. The molecule has 1 aromatic heterocycles. The average Bonchev–Trinajstić information content (AvgIpc) is 3.04. The highest BCUT2D eigenvalue weighted by atomic mass is 127. The minimum atomic E-state index is 0. The predicted molar refractivity (Wildman–Crippen MR) is 116 cm³/mol. The van der Waals surface area contributed by atoms with E-state index in [1.807, 2.05) is 14.0 Å². The first-order valence-corrected chi connectivity index (χ1v) is 8.86. The first kappa shape index (κ1) is 21.9. The SMILES string of the molecule is CN=C(NCc1ccccc1C)N(C)Cc1csc(C(C)OC)n1.I. The highest BCUT2D eigenvalue weighted by Crippen LogP contribution is 2.20. The Labute approximate surface area is 171 Å². The van der Waals surface area contributed by atoms with E-state index in [4.69, 9.17) is 4.74 Å². The van der Waals surface area contributed by atoms with Crippen LogP contribution in [0.3, 0.4) is 0 Å². The lowest BCUT2D eigenvalue weighted by molar-refractivity contribution is 0.119. The van der Waals surface area contributed by atoms with Crippen LogP contribution in [0.1, 0.15) is 34.9 Å². The Morgan fingerprint density at radius 1 is 1.40 bits per heavy atom. The minimum absolute atomic E-state index is 0. The van der Waals surface area contributed by atoms with E-state index >= 15 is 0 Å². The molecule has 5 nitrogen and oxygen atoms in total. The van der Waals surface area contributed by atoms with Gasteiger partial charge >= 0.3 is 0 Å². The summed E-state index contributed by atoms with van der Waals surface area (Å²) in [7, 11) is 5.53. The number of rotatable bonds is 6. The zero-order valence-corrected chi connectivity index (χ0v) is 18.6. The molecule has 2 rings (SSSR count). The molecule has 0 spiro atoms. The Balaban J connectivity index is 0.00000312. The third kappa shape index (κ3) is 6.23. The number of hydrogen-bond acceptors (Lipinski definition) is 4. The van der Waals surface area contributed by atoms with E-state index in [-0.39, 0.29) is 30.1 Å². The molecule has 25 heavy (non-hydrogen) atoms. The van der Waals surface area contributed by atoms with Gasteiger partial charge in [0.1, 0.15) is 11.1 Å². The van der Waals surface area contributed by atoms with Crippen LogP contribution in [0, 0.1) is 6.92 Å². The zero-order chi connectivity index (χ0) is 17.5. The minimum Gasteiger partial charge on any atom is -0.375 e. The molecule has 1 unspecified atom stereocenters. The Morgan fingerprint density at radius 3 is 2.76 bits per heavy atom. The number of aliphatic imine (C=N–C) groups is 1. The summed E-state index contributed by atoms with van der Waals surface area (Å²) in [4.78, 5) is 11.1. The number of guanidine groups is 1. The lowest BCUT2D eigenvalue weighted by atomic mass is 10.1. The molecule has 0 amide bonds. The highest BCUT2D eigenvalue weighted by Gasteiger charge is 2.12. The number of thiazole rings is 1. The maximum absolute atomic E-state index is 5.32. The van der Waals surface area contributed by atoms with Crippen molar-refractivity contribution in [3.8, 4) is 0 Å². The summed E-state index contributed by atoms with van der Waals surface area (Å²) in [5.74, 6) is 0.854. The van der Waals surface area contributed by atoms with Gasteiger partial charge in [-0.1, -0.05) is 24.3 Å². The van der Waals surface area contributed by atoms with Crippen molar-refractivity contribution >= 4 is 41.3 Å². The fourth-order valence-electron chi connectivity index (χ4n) is 2.37. The number of halogens is 1. The molecule has 0 aliphatic rings. The molecule has 0 aliphatic heterocycles. The highest BCUT2D eigenvalue weighted by molar-refractivity contribution is 14.0. The predicted octanol–water partition coefficient (Wildman–Crippen LogP) is 3.98. The average molecular weight is 474 g/mol. The van der Waals surface area contributed by atoms with Crippen LogP contribution in [0.25, 0.3) is 0 Å². The molecule has 1 heterocycles. The summed E-state index contributed by atoms with van der Waals surface area (Å²) in [6, 6.07) is 8.37. The monoisotopic (exact) mass is 474 g/mol. The number of hydrogen-bond donors (Lipinski definition) is 1. The summed E-state index contributed by atoms with van der Waals surface area (Å²) in [6.07, 6.45) is 0.0348. The Morgan fingerprint density at radius 2 is 2.12 bits per heavy atom. The van der Waals surface area contributed by atoms with Crippen LogP contribution >= 0.6 is 35.3 Å². The van der Waals surface area contributed by atoms with Gasteiger partial charge in [0.25, 0.3) is 0 Å². The molecule has 1 atom stereocenters. The van der Waals surface area contributed by atoms with E-state index in [9.17, 15) is 0 Å². The van der Waals surface area contributed by atoms with Crippen molar-refractivity contribution in [3.63, 3.8) is 0 Å². The van der Waals surface area contributed by atoms with Crippen LogP contribution in [0.2, 0.25) is 0 Å². The molecule has 7 heteroatoms. The largest absolute Gasteiger partial charge is 0.375 e. The standard InChI is InChI=1S/C18H26N4OS.HI/c1-13-8-6-7-9-15(13)10-20-18(19-3)22(4)11-16-12-24-17(21-16)14(2)23-5;/h6-9,12,14H,10-11H2,1-5H3,(H,19,20);1H. The molecule has 0 aliphatic carbocycles. The molecule has 0 fully saturated rings. The fraction of sp³-hybridized carbons (Fsp3) is 0.444. The van der Waals surface area contributed by atoms with Crippen LogP contribution in [0.4, 0.5) is 0 Å². The zero-order valence-electron chi connectivity index (χ0n) is 15.4. The normalized spacial score (nSPS) is 12.4. The molecule has 1 aromatic carbocycles. The van der Waals surface area contributed by atoms with Gasteiger partial charge < -0.3 is 15.0 Å². The van der Waals surface area contributed by atoms with Gasteiger partial charge in [0, 0.05) is 33.1 Å². The van der Waals surface area contributed by atoms with Crippen LogP contribution in [0.5, 0.6) is 0 Å². The van der Waals surface area contributed by atoms with Gasteiger partial charge in [-0.15, -0.1) is 35.3 Å². The molecular formula is C18H27IN4OS. The molecule has 0 bridgehead atoms. The third-order valence-corrected chi connectivity index (χ3v) is 5.00. The first-order valence-electron chi connectivity index (χ1n) is 7.98. The Bertz CT molecular complexity index is 689. The summed E-state index contributed by atoms with van der Waals surface area (Å²) >= 11 is 1.63. The number of aromatic nitrogens is 1. The van der Waals surface area contributed by atoms with Crippen LogP contribution in [0.15, 0.2) is 34.6 Å². The fourth-order valence-corrected chi connectivity index (χ4v) is 3.21. The second kappa shape index (κ2) is 10.7. The van der Waals surface area contributed by atoms with Gasteiger partial charge in [-0.2, -0.15) is 0 Å². The summed E-state index contributed by atoms with van der Waals surface area (Å²) in [5.41, 5.74) is 3.58. The number of benzene rings is 1. The molecule has 1 N–H and O–H groups in total. The van der Waals surface area contributed by atoms with E-state index in [2.05, 4.69) is 56.8 Å². The second-order valence-electron chi connectivity index (χ2n) is 5.74. The second-order valence-corrected chi connectivity index (χ2v) is 6.63. The van der Waals surface area contributed by atoms with Crippen molar-refractivity contribution in [2.45, 2.75) is 33.0 Å². The van der Waals surface area contributed by atoms with Gasteiger partial charge in [-0.3, -0.25) is 4.99 Å². The van der Waals surface area contributed by atoms with E-state index in [0.717, 1.165) is 23.2 Å². The summed E-state index contributed by atoms with van der Waals surface area (Å²) < 4.78 is 5.32. The molecule has 138 valence electrons. The quantitative estimate of drug-likeness (QED) is 0.391. The smallest absolute Gasteiger partial charge is 0.194 e. The molecule has 0 saturated heterocycles. The summed E-state index contributed by atoms with van der Waals surface area (Å²) in [5, 5.41) is 6.50. The lowest BCUT2D eigenvalue weighted by Crippen LogP contribution is -2.38. The van der Waals surface area contributed by atoms with Crippen molar-refractivity contribution in [2.75, 3.05) is 21.2 Å². The molecule has 0 radical (unpaired) electrons. The Hall–Kier alpha value is -1.19. The van der Waals surface area contributed by atoms with Crippen LogP contribution in [-0.2, 0) is 17.8 Å². The van der Waals surface area contributed by atoms with Crippen molar-refractivity contribution in [1.29, 1.82) is 0 Å². The maximum atomic E-state index is 5.32. The number of nitrogens with zero attached hydrogens (tertiary/aromatic N) is 3. The van der Waals surface area contributed by atoms with Crippen molar-refractivity contribution < 1.29 is 4.74 Å². The van der Waals surface area contributed by atoms with E-state index in [0.29, 0.717) is 6.54 Å². The maximum Gasteiger partial charge on any atom is 0.194 e. The number of nitrogens with one attached hydrogen (secondary N) is 1. The van der Waals surface area contributed by atoms with Crippen molar-refractivity contribution in [1.82, 2.24) is 15.2 Å². The van der Waals surface area contributed by atoms with Gasteiger partial charge in [0.2, 0.25) is 0 Å². The number of aryl methyl sites for hydroxylation is 1. The van der Waals surface area contributed by atoms with Gasteiger partial charge in [-0.25, -0.2) is 4.98 Å². The van der Waals surface area contributed by atoms with E-state index < -0.39 is 0 Å². The van der Waals surface area contributed by atoms with Crippen LogP contribution < -0.4 is 5.32 Å². The summed E-state index contributed by atoms with van der Waals surface area (Å²) in [6.45, 7) is 5.60. The van der Waals surface area contributed by atoms with Gasteiger partial charge in [0.15, 0.2) is 5.96 Å².